The molecule has 4 aromatic rings. The summed E-state index contributed by atoms with van der Waals surface area (Å²) in [5.74, 6) is 1.45. The van der Waals surface area contributed by atoms with Crippen molar-refractivity contribution in [3.63, 3.8) is 0 Å². The van der Waals surface area contributed by atoms with Gasteiger partial charge < -0.3 is 5.73 Å². The van der Waals surface area contributed by atoms with Crippen LogP contribution in [0, 0.1) is 0 Å². The Morgan fingerprint density at radius 3 is 2.80 bits per heavy atom. The molecule has 152 valence electrons. The minimum Gasteiger partial charge on any atom is -0.324 e. The molecule has 0 amide bonds. The largest absolute Gasteiger partial charge is 0.324 e. The topological polar surface area (TPSA) is 72.3 Å². The highest BCUT2D eigenvalue weighted by molar-refractivity contribution is 5.84. The molecule has 6 heteroatoms. The predicted molar refractivity (Wildman–Crippen MR) is 118 cm³/mol. The van der Waals surface area contributed by atoms with Crippen LogP contribution in [-0.4, -0.2) is 43.1 Å². The van der Waals surface area contributed by atoms with E-state index in [9.17, 15) is 0 Å². The fourth-order valence-corrected chi connectivity index (χ4v) is 4.70. The van der Waals surface area contributed by atoms with Crippen LogP contribution in [0.15, 0.2) is 48.7 Å². The third-order valence-corrected chi connectivity index (χ3v) is 6.45. The molecule has 1 aliphatic heterocycles. The van der Waals surface area contributed by atoms with E-state index in [1.54, 1.807) is 0 Å². The van der Waals surface area contributed by atoms with Crippen molar-refractivity contribution in [3.8, 4) is 11.5 Å². The third kappa shape index (κ3) is 3.16. The van der Waals surface area contributed by atoms with Gasteiger partial charge in [-0.3, -0.25) is 9.30 Å². The zero-order chi connectivity index (χ0) is 20.3. The lowest BCUT2D eigenvalue weighted by atomic mass is 10.0. The number of aromatic nitrogens is 4. The van der Waals surface area contributed by atoms with E-state index in [4.69, 9.17) is 10.7 Å². The molecule has 6 nitrogen and oxygen atoms in total. The molecule has 1 saturated heterocycles. The summed E-state index contributed by atoms with van der Waals surface area (Å²) < 4.78 is 2.07. The van der Waals surface area contributed by atoms with Gasteiger partial charge in [0.05, 0.1) is 5.52 Å². The first-order chi connectivity index (χ1) is 14.6. The summed E-state index contributed by atoms with van der Waals surface area (Å²) in [5, 5.41) is 10.0. The zero-order valence-corrected chi connectivity index (χ0v) is 17.3. The average molecular weight is 399 g/mol. The molecule has 6 rings (SSSR count). The molecule has 0 spiro atoms. The van der Waals surface area contributed by atoms with Gasteiger partial charge in [0.2, 0.25) is 0 Å². The van der Waals surface area contributed by atoms with Crippen molar-refractivity contribution in [1.29, 1.82) is 0 Å². The maximum atomic E-state index is 6.30. The normalized spacial score (nSPS) is 22.3. The smallest absolute Gasteiger partial charge is 0.187 e. The molecule has 1 unspecified atom stereocenters. The molecule has 1 saturated carbocycles. The van der Waals surface area contributed by atoms with Crippen molar-refractivity contribution in [2.75, 3.05) is 13.1 Å². The summed E-state index contributed by atoms with van der Waals surface area (Å²) in [6, 6.07) is 14.9. The average Bonchev–Trinajstić information content (AvgIpc) is 3.41. The van der Waals surface area contributed by atoms with Crippen molar-refractivity contribution < 1.29 is 0 Å². The number of likely N-dealkylation sites (tertiary alicyclic amines) is 1. The molecule has 1 aromatic carbocycles. The fourth-order valence-electron chi connectivity index (χ4n) is 4.70. The van der Waals surface area contributed by atoms with E-state index in [0.29, 0.717) is 5.92 Å². The van der Waals surface area contributed by atoms with Crippen LogP contribution in [0.25, 0.3) is 28.1 Å². The van der Waals surface area contributed by atoms with Crippen molar-refractivity contribution >= 4 is 16.6 Å². The minimum absolute atomic E-state index is 0.0832. The molecule has 2 N–H and O–H groups in total. The van der Waals surface area contributed by atoms with Gasteiger partial charge in [-0.05, 0) is 55.4 Å². The summed E-state index contributed by atoms with van der Waals surface area (Å²) in [7, 11) is 0. The highest BCUT2D eigenvalue weighted by Gasteiger charge is 2.29. The van der Waals surface area contributed by atoms with Gasteiger partial charge in [0, 0.05) is 36.8 Å². The Morgan fingerprint density at radius 2 is 2.00 bits per heavy atom. The van der Waals surface area contributed by atoms with Gasteiger partial charge in [-0.25, -0.2) is 4.98 Å². The van der Waals surface area contributed by atoms with Crippen LogP contribution < -0.4 is 5.73 Å². The Hall–Kier alpha value is -2.83. The Labute approximate surface area is 175 Å². The second-order valence-corrected chi connectivity index (χ2v) is 9.29. The molecular formula is C24H26N6. The first-order valence-corrected chi connectivity index (χ1v) is 10.8. The molecule has 4 heterocycles. The molecule has 2 fully saturated rings. The van der Waals surface area contributed by atoms with Gasteiger partial charge in [0.25, 0.3) is 0 Å². The first-order valence-electron chi connectivity index (χ1n) is 10.8. The number of para-hydroxylation sites is 1. The lowest BCUT2D eigenvalue weighted by molar-refractivity contribution is 0.309. The van der Waals surface area contributed by atoms with Crippen LogP contribution in [0.4, 0.5) is 0 Å². The number of nitrogens with two attached hydrogens (primary N) is 1. The Balaban J connectivity index is 1.38. The zero-order valence-electron chi connectivity index (χ0n) is 17.3. The number of pyridine rings is 2. The molecule has 30 heavy (non-hydrogen) atoms. The summed E-state index contributed by atoms with van der Waals surface area (Å²) in [5.41, 5.74) is 11.6. The van der Waals surface area contributed by atoms with Gasteiger partial charge in [0.1, 0.15) is 5.69 Å². The fraction of sp³-hybridized carbons (Fsp3) is 0.375. The Kier molecular flexibility index (Phi) is 3.95. The van der Waals surface area contributed by atoms with Crippen LogP contribution >= 0.6 is 0 Å². The van der Waals surface area contributed by atoms with Gasteiger partial charge in [-0.2, -0.15) is 0 Å². The van der Waals surface area contributed by atoms with Crippen molar-refractivity contribution in [1.82, 2.24) is 24.5 Å². The van der Waals surface area contributed by atoms with Gasteiger partial charge >= 0.3 is 0 Å². The highest BCUT2D eigenvalue weighted by atomic mass is 15.3. The van der Waals surface area contributed by atoms with Crippen LogP contribution in [0.2, 0.25) is 0 Å². The maximum Gasteiger partial charge on any atom is 0.187 e. The lowest BCUT2D eigenvalue weighted by Gasteiger charge is -2.19. The Bertz CT molecular complexity index is 1250. The Morgan fingerprint density at radius 1 is 1.10 bits per heavy atom. The summed E-state index contributed by atoms with van der Waals surface area (Å²) in [6.07, 6.45) is 5.72. The van der Waals surface area contributed by atoms with E-state index < -0.39 is 0 Å². The molecular weight excluding hydrogens is 372 g/mol. The van der Waals surface area contributed by atoms with Crippen molar-refractivity contribution in [3.05, 3.63) is 59.8 Å². The minimum atomic E-state index is -0.0832. The third-order valence-electron chi connectivity index (χ3n) is 6.45. The van der Waals surface area contributed by atoms with E-state index in [2.05, 4.69) is 69.0 Å². The van der Waals surface area contributed by atoms with Crippen molar-refractivity contribution in [2.24, 2.45) is 5.73 Å². The van der Waals surface area contributed by atoms with E-state index in [1.165, 1.54) is 29.4 Å². The first kappa shape index (κ1) is 18.0. The molecule has 1 aliphatic carbocycles. The quantitative estimate of drug-likeness (QED) is 0.567. The monoisotopic (exact) mass is 398 g/mol. The highest BCUT2D eigenvalue weighted by Crippen LogP contribution is 2.42. The maximum absolute atomic E-state index is 6.30. The van der Waals surface area contributed by atoms with Gasteiger partial charge in [-0.1, -0.05) is 30.3 Å². The molecule has 2 aliphatic rings. The number of benzene rings is 1. The standard InChI is InChI=1S/C24H26N6/c1-24(25)11-12-29(15-24)13-16-5-10-21-27-28-23(30(21)14-16)20-9-8-18-3-2-4-19(17-6-7-17)22(18)26-20/h2-5,8-10,14,17H,6-7,11-13,15,25H2,1H3. The number of hydrogen-bond donors (Lipinski definition) is 1. The molecule has 3 aromatic heterocycles. The summed E-state index contributed by atoms with van der Waals surface area (Å²) >= 11 is 0. The summed E-state index contributed by atoms with van der Waals surface area (Å²) in [4.78, 5) is 7.45. The SMILES string of the molecule is CC1(N)CCN(Cc2ccc3nnc(-c4ccc5cccc(C6CC6)c5n4)n3c2)C1. The number of hydrogen-bond acceptors (Lipinski definition) is 5. The molecule has 1 atom stereocenters. The molecule has 0 bridgehead atoms. The lowest BCUT2D eigenvalue weighted by Crippen LogP contribution is -2.38. The van der Waals surface area contributed by atoms with E-state index >= 15 is 0 Å². The van der Waals surface area contributed by atoms with Crippen LogP contribution in [-0.2, 0) is 6.54 Å². The number of rotatable bonds is 4. The second kappa shape index (κ2) is 6.59. The summed E-state index contributed by atoms with van der Waals surface area (Å²) in [6.45, 7) is 4.99. The van der Waals surface area contributed by atoms with Crippen LogP contribution in [0.3, 0.4) is 0 Å². The van der Waals surface area contributed by atoms with Crippen molar-refractivity contribution in [2.45, 2.75) is 44.2 Å². The number of fused-ring (bicyclic) bond motifs is 2. The van der Waals surface area contributed by atoms with E-state index in [1.807, 2.05) is 6.07 Å². The van der Waals surface area contributed by atoms with E-state index in [-0.39, 0.29) is 5.54 Å². The molecule has 0 radical (unpaired) electrons. The number of nitrogens with zero attached hydrogens (tertiary/aromatic N) is 5. The van der Waals surface area contributed by atoms with Crippen LogP contribution in [0.5, 0.6) is 0 Å². The predicted octanol–water partition coefficient (Wildman–Crippen LogP) is 3.75. The van der Waals surface area contributed by atoms with E-state index in [0.717, 1.165) is 48.7 Å². The van der Waals surface area contributed by atoms with Crippen LogP contribution in [0.1, 0.15) is 43.2 Å². The van der Waals surface area contributed by atoms with Gasteiger partial charge in [0.15, 0.2) is 11.5 Å². The van der Waals surface area contributed by atoms with Gasteiger partial charge in [-0.15, -0.1) is 10.2 Å². The second-order valence-electron chi connectivity index (χ2n) is 9.29.